The van der Waals surface area contributed by atoms with E-state index in [1.54, 1.807) is 0 Å². The van der Waals surface area contributed by atoms with E-state index in [1.807, 2.05) is 0 Å². The monoisotopic (exact) mass is 395 g/mol. The minimum atomic E-state index is 0.237. The number of rotatable bonds is 22. The molecule has 0 saturated heterocycles. The molecular weight excluding hydrogens is 342 g/mol. The molecule has 2 nitrogen and oxygen atoms in total. The summed E-state index contributed by atoms with van der Waals surface area (Å²) in [6.45, 7) is 7.49. The van der Waals surface area contributed by atoms with Gasteiger partial charge in [0.05, 0.1) is 0 Å². The van der Waals surface area contributed by atoms with Crippen LogP contribution in [0.25, 0.3) is 0 Å². The fraction of sp³-hybridized carbons (Fsp3) is 0.962. The second-order valence-corrected chi connectivity index (χ2v) is 8.84. The summed E-state index contributed by atoms with van der Waals surface area (Å²) in [6.07, 6.45) is 26.7. The van der Waals surface area contributed by atoms with Gasteiger partial charge in [-0.3, -0.25) is 4.79 Å². The molecule has 0 heterocycles. The Hall–Kier alpha value is -0.530. The average Bonchev–Trinajstić information content (AvgIpc) is 2.70. The maximum absolute atomic E-state index is 12.1. The van der Waals surface area contributed by atoms with Crippen LogP contribution in [0, 0.1) is 5.92 Å². The second kappa shape index (κ2) is 22.8. The highest BCUT2D eigenvalue weighted by molar-refractivity contribution is 5.78. The fourth-order valence-electron chi connectivity index (χ4n) is 4.00. The molecule has 0 bridgehead atoms. The van der Waals surface area contributed by atoms with Gasteiger partial charge in [0.1, 0.15) is 0 Å². The van der Waals surface area contributed by atoms with E-state index in [4.69, 9.17) is 0 Å². The van der Waals surface area contributed by atoms with Crippen molar-refractivity contribution in [3.8, 4) is 0 Å². The number of carbonyl (C=O) groups excluding carboxylic acids is 1. The fourth-order valence-corrected chi connectivity index (χ4v) is 4.00. The third-order valence-corrected chi connectivity index (χ3v) is 6.10. The number of unbranched alkanes of at least 4 members (excludes halogenated alkanes) is 16. The Balaban J connectivity index is 3.24. The number of hydrogen-bond donors (Lipinski definition) is 1. The van der Waals surface area contributed by atoms with E-state index in [9.17, 15) is 4.79 Å². The van der Waals surface area contributed by atoms with Crippen molar-refractivity contribution in [1.82, 2.24) is 5.32 Å². The quantitative estimate of drug-likeness (QED) is 0.183. The van der Waals surface area contributed by atoms with Gasteiger partial charge in [-0.05, 0) is 19.3 Å². The van der Waals surface area contributed by atoms with Gasteiger partial charge < -0.3 is 5.32 Å². The smallest absolute Gasteiger partial charge is 0.223 e. The summed E-state index contributed by atoms with van der Waals surface area (Å²) in [5.41, 5.74) is 0. The molecule has 0 aliphatic carbocycles. The first-order chi connectivity index (χ1) is 13.8. The van der Waals surface area contributed by atoms with Gasteiger partial charge in [0.15, 0.2) is 0 Å². The lowest BCUT2D eigenvalue weighted by molar-refractivity contribution is -0.125. The van der Waals surface area contributed by atoms with Crippen LogP contribution >= 0.6 is 0 Å². The number of nitrogens with one attached hydrogen (secondary N) is 1. The van der Waals surface area contributed by atoms with Crippen LogP contribution in [0.5, 0.6) is 0 Å². The molecule has 1 N–H and O–H groups in total. The third-order valence-electron chi connectivity index (χ3n) is 6.10. The van der Waals surface area contributed by atoms with Crippen LogP contribution in [0.3, 0.4) is 0 Å². The van der Waals surface area contributed by atoms with Gasteiger partial charge in [-0.15, -0.1) is 0 Å². The Bertz CT molecular complexity index is 316. The zero-order valence-electron chi connectivity index (χ0n) is 19.8. The molecule has 0 aromatic carbocycles. The minimum Gasteiger partial charge on any atom is -0.356 e. The molecule has 0 aliphatic heterocycles. The zero-order valence-corrected chi connectivity index (χ0v) is 19.8. The summed E-state index contributed by atoms with van der Waals surface area (Å²) in [4.78, 5) is 12.1. The molecule has 28 heavy (non-hydrogen) atoms. The van der Waals surface area contributed by atoms with Gasteiger partial charge in [-0.1, -0.05) is 130 Å². The summed E-state index contributed by atoms with van der Waals surface area (Å²) < 4.78 is 0. The Morgan fingerprint density at radius 1 is 0.571 bits per heavy atom. The first kappa shape index (κ1) is 27.5. The van der Waals surface area contributed by atoms with Gasteiger partial charge >= 0.3 is 0 Å². The summed E-state index contributed by atoms with van der Waals surface area (Å²) in [5.74, 6) is 0.526. The predicted octanol–water partition coefficient (Wildman–Crippen LogP) is 8.58. The van der Waals surface area contributed by atoms with Crippen molar-refractivity contribution in [3.63, 3.8) is 0 Å². The molecule has 1 unspecified atom stereocenters. The lowest BCUT2D eigenvalue weighted by atomic mass is 9.98. The SMILES string of the molecule is CCCCCCCCCCCCCCCCCCNC(=O)C(CC)CCCC. The Labute approximate surface area is 178 Å². The van der Waals surface area contributed by atoms with Crippen LogP contribution in [0.15, 0.2) is 0 Å². The van der Waals surface area contributed by atoms with Crippen molar-refractivity contribution in [3.05, 3.63) is 0 Å². The molecule has 0 fully saturated rings. The molecule has 2 heteroatoms. The highest BCUT2D eigenvalue weighted by Gasteiger charge is 2.14. The maximum atomic E-state index is 12.1. The summed E-state index contributed by atoms with van der Waals surface area (Å²) in [5, 5.41) is 3.15. The van der Waals surface area contributed by atoms with E-state index < -0.39 is 0 Å². The molecule has 168 valence electrons. The zero-order chi connectivity index (χ0) is 20.7. The first-order valence-corrected chi connectivity index (χ1v) is 13.0. The van der Waals surface area contributed by atoms with Crippen LogP contribution in [0.4, 0.5) is 0 Å². The summed E-state index contributed by atoms with van der Waals surface area (Å²) >= 11 is 0. The molecule has 0 radical (unpaired) electrons. The van der Waals surface area contributed by atoms with Gasteiger partial charge in [-0.2, -0.15) is 0 Å². The van der Waals surface area contributed by atoms with Crippen molar-refractivity contribution in [2.45, 2.75) is 149 Å². The van der Waals surface area contributed by atoms with Gasteiger partial charge in [-0.25, -0.2) is 0 Å². The molecule has 0 rings (SSSR count). The average molecular weight is 396 g/mol. The number of carbonyl (C=O) groups is 1. The number of amides is 1. The topological polar surface area (TPSA) is 29.1 Å². The minimum absolute atomic E-state index is 0.237. The van der Waals surface area contributed by atoms with Crippen molar-refractivity contribution in [2.24, 2.45) is 5.92 Å². The highest BCUT2D eigenvalue weighted by atomic mass is 16.1. The Morgan fingerprint density at radius 2 is 0.964 bits per heavy atom. The van der Waals surface area contributed by atoms with Crippen molar-refractivity contribution >= 4 is 5.91 Å². The van der Waals surface area contributed by atoms with Crippen molar-refractivity contribution < 1.29 is 4.79 Å². The molecule has 0 saturated carbocycles. The standard InChI is InChI=1S/C26H53NO/c1-4-7-9-10-11-12-13-14-15-16-17-18-19-20-21-22-24-27-26(28)25(6-3)23-8-5-2/h25H,4-24H2,1-3H3,(H,27,28). The Kier molecular flexibility index (Phi) is 22.3. The third kappa shape index (κ3) is 18.8. The van der Waals surface area contributed by atoms with Gasteiger partial charge in [0, 0.05) is 12.5 Å². The molecule has 1 atom stereocenters. The summed E-state index contributed by atoms with van der Waals surface area (Å²) in [6, 6.07) is 0. The molecule has 0 aromatic rings. The van der Waals surface area contributed by atoms with Crippen LogP contribution in [-0.2, 0) is 4.79 Å². The largest absolute Gasteiger partial charge is 0.356 e. The van der Waals surface area contributed by atoms with E-state index in [0.29, 0.717) is 0 Å². The van der Waals surface area contributed by atoms with Gasteiger partial charge in [0.25, 0.3) is 0 Å². The highest BCUT2D eigenvalue weighted by Crippen LogP contribution is 2.14. The van der Waals surface area contributed by atoms with Crippen molar-refractivity contribution in [1.29, 1.82) is 0 Å². The normalized spacial score (nSPS) is 12.2. The first-order valence-electron chi connectivity index (χ1n) is 13.0. The van der Waals surface area contributed by atoms with E-state index in [1.165, 1.54) is 109 Å². The molecule has 0 spiro atoms. The van der Waals surface area contributed by atoms with Crippen LogP contribution in [-0.4, -0.2) is 12.5 Å². The lowest BCUT2D eigenvalue weighted by Crippen LogP contribution is -2.31. The second-order valence-electron chi connectivity index (χ2n) is 8.84. The molecule has 0 aliphatic rings. The van der Waals surface area contributed by atoms with Gasteiger partial charge in [0.2, 0.25) is 5.91 Å². The molecule has 1 amide bonds. The molecular formula is C26H53NO. The summed E-state index contributed by atoms with van der Waals surface area (Å²) in [7, 11) is 0. The van der Waals surface area contributed by atoms with Crippen LogP contribution in [0.2, 0.25) is 0 Å². The number of hydrogen-bond acceptors (Lipinski definition) is 1. The maximum Gasteiger partial charge on any atom is 0.223 e. The van der Waals surface area contributed by atoms with E-state index in [-0.39, 0.29) is 11.8 Å². The van der Waals surface area contributed by atoms with E-state index >= 15 is 0 Å². The van der Waals surface area contributed by atoms with Crippen LogP contribution in [0.1, 0.15) is 149 Å². The van der Waals surface area contributed by atoms with Crippen LogP contribution < -0.4 is 5.32 Å². The Morgan fingerprint density at radius 3 is 1.36 bits per heavy atom. The van der Waals surface area contributed by atoms with E-state index in [0.717, 1.165) is 25.8 Å². The van der Waals surface area contributed by atoms with E-state index in [2.05, 4.69) is 26.1 Å². The van der Waals surface area contributed by atoms with Crippen molar-refractivity contribution in [2.75, 3.05) is 6.54 Å². The lowest BCUT2D eigenvalue weighted by Gasteiger charge is -2.14. The molecule has 0 aromatic heterocycles. The predicted molar refractivity (Wildman–Crippen MR) is 126 cm³/mol.